The van der Waals surface area contributed by atoms with Crippen LogP contribution in [0.4, 0.5) is 0 Å². The maximum Gasteiger partial charge on any atom is 0.332 e. The van der Waals surface area contributed by atoms with Crippen molar-refractivity contribution in [3.8, 4) is 11.4 Å². The summed E-state index contributed by atoms with van der Waals surface area (Å²) < 4.78 is 6.35. The summed E-state index contributed by atoms with van der Waals surface area (Å²) in [6, 6.07) is 3.20. The summed E-state index contributed by atoms with van der Waals surface area (Å²) in [6.07, 6.45) is 4.00. The van der Waals surface area contributed by atoms with Gasteiger partial charge in [0.25, 0.3) is 0 Å². The molecule has 0 aliphatic heterocycles. The van der Waals surface area contributed by atoms with Gasteiger partial charge in [0.15, 0.2) is 5.82 Å². The Morgan fingerprint density at radius 1 is 1.16 bits per heavy atom. The summed E-state index contributed by atoms with van der Waals surface area (Å²) in [7, 11) is 0. The average molecular weight is 387 g/mol. The number of ether oxygens (including phenoxy) is 1. The molecule has 0 aromatic carbocycles. The van der Waals surface area contributed by atoms with E-state index in [1.165, 1.54) is 23.3 Å². The van der Waals surface area contributed by atoms with Gasteiger partial charge < -0.3 is 4.74 Å². The number of hydrogen-bond donors (Lipinski definition) is 0. The molecule has 2 rings (SSSR count). The number of pyridine rings is 1. The van der Waals surface area contributed by atoms with Crippen molar-refractivity contribution in [1.82, 2.24) is 19.7 Å². The lowest BCUT2D eigenvalue weighted by Gasteiger charge is -2.03. The van der Waals surface area contributed by atoms with E-state index < -0.39 is 5.97 Å². The van der Waals surface area contributed by atoms with Gasteiger partial charge >= 0.3 is 5.97 Å². The summed E-state index contributed by atoms with van der Waals surface area (Å²) in [4.78, 5) is 19.3. The summed E-state index contributed by atoms with van der Waals surface area (Å²) in [6.45, 7) is 11.5. The zero-order valence-corrected chi connectivity index (χ0v) is 16.8. The molecule has 2 aromatic heterocycles. The lowest BCUT2D eigenvalue weighted by Crippen LogP contribution is -2.08. The van der Waals surface area contributed by atoms with Gasteiger partial charge in [-0.1, -0.05) is 50.9 Å². The van der Waals surface area contributed by atoms with Crippen LogP contribution >= 0.6 is 23.2 Å². The van der Waals surface area contributed by atoms with E-state index in [0.29, 0.717) is 11.4 Å². The minimum atomic E-state index is -0.447. The van der Waals surface area contributed by atoms with E-state index in [9.17, 15) is 4.79 Å². The number of hydrogen-bond acceptors (Lipinski definition) is 5. The number of nitrogens with zero attached hydrogens (tertiary/aromatic N) is 4. The highest BCUT2D eigenvalue weighted by molar-refractivity contribution is 6.32. The first-order valence-electron chi connectivity index (χ1n) is 8.07. The Morgan fingerprint density at radius 3 is 2.24 bits per heavy atom. The minimum absolute atomic E-state index is 0.172. The van der Waals surface area contributed by atoms with Crippen molar-refractivity contribution in [1.29, 1.82) is 0 Å². The van der Waals surface area contributed by atoms with Crippen LogP contribution in [-0.4, -0.2) is 31.8 Å². The second kappa shape index (κ2) is 12.4. The first kappa shape index (κ1) is 23.1. The summed E-state index contributed by atoms with van der Waals surface area (Å²) in [5, 5.41) is 4.69. The van der Waals surface area contributed by atoms with Gasteiger partial charge in [-0.05, 0) is 26.0 Å². The Labute approximate surface area is 158 Å². The van der Waals surface area contributed by atoms with Gasteiger partial charge in [-0.2, -0.15) is 0 Å². The summed E-state index contributed by atoms with van der Waals surface area (Å²) in [5.74, 6) is -0.0277. The SMILES string of the molecule is CC.CC.CC(C)OC(=O)/C=C\n1cnc(-c2cc(Cl)nc(Cl)c2)n1. The van der Waals surface area contributed by atoms with Crippen LogP contribution in [0.15, 0.2) is 24.5 Å². The third-order valence-electron chi connectivity index (χ3n) is 2.24. The third kappa shape index (κ3) is 8.65. The molecule has 0 fully saturated rings. The second-order valence-electron chi connectivity index (χ2n) is 4.35. The van der Waals surface area contributed by atoms with Gasteiger partial charge in [0, 0.05) is 17.8 Å². The molecule has 25 heavy (non-hydrogen) atoms. The largest absolute Gasteiger partial charge is 0.460 e. The quantitative estimate of drug-likeness (QED) is 0.414. The first-order valence-corrected chi connectivity index (χ1v) is 8.83. The van der Waals surface area contributed by atoms with Crippen molar-refractivity contribution in [3.63, 3.8) is 0 Å². The molecule has 0 atom stereocenters. The molecule has 0 N–H and O–H groups in total. The maximum absolute atomic E-state index is 11.4. The van der Waals surface area contributed by atoms with Gasteiger partial charge in [-0.3, -0.25) is 0 Å². The molecule has 6 nitrogen and oxygen atoms in total. The molecule has 0 unspecified atom stereocenters. The predicted octanol–water partition coefficient (Wildman–Crippen LogP) is 5.12. The van der Waals surface area contributed by atoms with Crippen LogP contribution in [0.5, 0.6) is 0 Å². The predicted molar refractivity (Wildman–Crippen MR) is 103 cm³/mol. The van der Waals surface area contributed by atoms with Crippen LogP contribution in [0.3, 0.4) is 0 Å². The maximum atomic E-state index is 11.4. The first-order chi connectivity index (χ1) is 11.9. The Kier molecular flexibility index (Phi) is 11.5. The van der Waals surface area contributed by atoms with E-state index in [0.717, 1.165) is 0 Å². The molecular weight excluding hydrogens is 363 g/mol. The molecule has 0 amide bonds. The smallest absolute Gasteiger partial charge is 0.332 e. The monoisotopic (exact) mass is 386 g/mol. The topological polar surface area (TPSA) is 69.9 Å². The molecule has 2 aromatic rings. The van der Waals surface area contributed by atoms with Crippen molar-refractivity contribution >= 4 is 35.4 Å². The van der Waals surface area contributed by atoms with Gasteiger partial charge in [0.2, 0.25) is 0 Å². The van der Waals surface area contributed by atoms with E-state index in [-0.39, 0.29) is 16.4 Å². The molecule has 8 heteroatoms. The Balaban J connectivity index is 0.00000134. The van der Waals surface area contributed by atoms with E-state index >= 15 is 0 Å². The molecule has 0 radical (unpaired) electrons. The van der Waals surface area contributed by atoms with Gasteiger partial charge in [0.05, 0.1) is 6.10 Å². The van der Waals surface area contributed by atoms with E-state index in [2.05, 4.69) is 15.1 Å². The summed E-state index contributed by atoms with van der Waals surface area (Å²) in [5.41, 5.74) is 0.636. The number of aromatic nitrogens is 4. The highest BCUT2D eigenvalue weighted by Gasteiger charge is 2.07. The van der Waals surface area contributed by atoms with Crippen molar-refractivity contribution in [2.75, 3.05) is 0 Å². The normalized spacial score (nSPS) is 9.96. The lowest BCUT2D eigenvalue weighted by molar-refractivity contribution is -0.141. The van der Waals surface area contributed by atoms with Crippen LogP contribution in [-0.2, 0) is 9.53 Å². The van der Waals surface area contributed by atoms with Crippen molar-refractivity contribution < 1.29 is 9.53 Å². The molecule has 0 bridgehead atoms. The van der Waals surface area contributed by atoms with E-state index in [4.69, 9.17) is 27.9 Å². The second-order valence-corrected chi connectivity index (χ2v) is 5.13. The van der Waals surface area contributed by atoms with Crippen LogP contribution < -0.4 is 0 Å². The third-order valence-corrected chi connectivity index (χ3v) is 2.63. The van der Waals surface area contributed by atoms with Crippen LogP contribution in [0.2, 0.25) is 10.3 Å². The minimum Gasteiger partial charge on any atom is -0.460 e. The van der Waals surface area contributed by atoms with E-state index in [1.807, 2.05) is 27.7 Å². The number of halogens is 2. The molecule has 0 saturated heterocycles. The standard InChI is InChI=1S/C13H12Cl2N4O2.2C2H6/c1-8(2)21-12(20)3-4-19-7-16-13(18-19)9-5-10(14)17-11(15)6-9;2*1-2/h3-8H,1-2H3;2*1-2H3/b4-3-;;. The lowest BCUT2D eigenvalue weighted by atomic mass is 10.2. The number of carbonyl (C=O) groups is 1. The molecular formula is C17H24Cl2N4O2. The van der Waals surface area contributed by atoms with Crippen LogP contribution in [0.1, 0.15) is 41.5 Å². The fraction of sp³-hybridized carbons (Fsp3) is 0.412. The van der Waals surface area contributed by atoms with Crippen molar-refractivity contribution in [2.45, 2.75) is 47.6 Å². The Bertz CT molecular complexity index is 665. The Morgan fingerprint density at radius 2 is 1.72 bits per heavy atom. The number of carbonyl (C=O) groups excluding carboxylic acids is 1. The van der Waals surface area contributed by atoms with Crippen LogP contribution in [0, 0.1) is 0 Å². The zero-order chi connectivity index (χ0) is 19.4. The molecule has 0 aliphatic rings. The molecule has 2 heterocycles. The van der Waals surface area contributed by atoms with E-state index in [1.54, 1.807) is 26.0 Å². The Hall–Kier alpha value is -1.92. The van der Waals surface area contributed by atoms with Gasteiger partial charge in [-0.25, -0.2) is 19.4 Å². The van der Waals surface area contributed by atoms with Crippen LogP contribution in [0.25, 0.3) is 17.6 Å². The highest BCUT2D eigenvalue weighted by Crippen LogP contribution is 2.21. The summed E-state index contributed by atoms with van der Waals surface area (Å²) >= 11 is 11.6. The molecule has 138 valence electrons. The van der Waals surface area contributed by atoms with Gasteiger partial charge in [-0.15, -0.1) is 5.10 Å². The molecule has 0 saturated carbocycles. The fourth-order valence-electron chi connectivity index (χ4n) is 1.48. The van der Waals surface area contributed by atoms with Gasteiger partial charge in [0.1, 0.15) is 16.6 Å². The zero-order valence-electron chi connectivity index (χ0n) is 15.3. The number of esters is 1. The molecule has 0 spiro atoms. The van der Waals surface area contributed by atoms with Crippen molar-refractivity contribution in [3.05, 3.63) is 34.8 Å². The highest BCUT2D eigenvalue weighted by atomic mass is 35.5. The fourth-order valence-corrected chi connectivity index (χ4v) is 1.94. The molecule has 0 aliphatic carbocycles. The number of rotatable bonds is 4. The average Bonchev–Trinajstić information content (AvgIpc) is 3.04. The van der Waals surface area contributed by atoms with Crippen molar-refractivity contribution in [2.24, 2.45) is 0 Å².